The summed E-state index contributed by atoms with van der Waals surface area (Å²) < 4.78 is 13.2. The molecule has 16 heavy (non-hydrogen) atoms. The third kappa shape index (κ3) is 2.27. The van der Waals surface area contributed by atoms with Gasteiger partial charge in [0.1, 0.15) is 0 Å². The predicted molar refractivity (Wildman–Crippen MR) is 59.1 cm³/mol. The monoisotopic (exact) mass is 225 g/mol. The Morgan fingerprint density at radius 3 is 2.81 bits per heavy atom. The maximum atomic E-state index is 13.2. The first kappa shape index (κ1) is 11.2. The van der Waals surface area contributed by atoms with Gasteiger partial charge >= 0.3 is 0 Å². The average molecular weight is 225 g/mol. The number of benzene rings is 1. The summed E-state index contributed by atoms with van der Waals surface area (Å²) in [5.74, 6) is -1.85. The van der Waals surface area contributed by atoms with Crippen molar-refractivity contribution >= 4 is 0 Å². The third-order valence-electron chi connectivity index (χ3n) is 3.06. The van der Waals surface area contributed by atoms with Gasteiger partial charge in [-0.1, -0.05) is 12.5 Å². The number of phenolic OH excluding ortho intramolecular Hbond substituents is 2. The number of hydrogen-bond donors (Lipinski definition) is 3. The molecule has 1 atom stereocenters. The fraction of sp³-hybridized carbons (Fsp3) is 0.500. The molecule has 0 radical (unpaired) electrons. The average Bonchev–Trinajstić information content (AvgIpc) is 2.31. The van der Waals surface area contributed by atoms with Gasteiger partial charge in [-0.2, -0.15) is 4.39 Å². The maximum absolute atomic E-state index is 13.2. The number of halogens is 1. The Bertz CT molecular complexity index is 376. The van der Waals surface area contributed by atoms with Crippen LogP contribution in [0.25, 0.3) is 0 Å². The molecule has 3 nitrogen and oxygen atoms in total. The Morgan fingerprint density at radius 1 is 1.31 bits per heavy atom. The van der Waals surface area contributed by atoms with Crippen LogP contribution in [0, 0.1) is 5.82 Å². The van der Waals surface area contributed by atoms with E-state index >= 15 is 0 Å². The van der Waals surface area contributed by atoms with Crippen molar-refractivity contribution < 1.29 is 14.6 Å². The fourth-order valence-electron chi connectivity index (χ4n) is 2.12. The zero-order valence-corrected chi connectivity index (χ0v) is 9.04. The van der Waals surface area contributed by atoms with Crippen molar-refractivity contribution in [1.29, 1.82) is 0 Å². The van der Waals surface area contributed by atoms with E-state index in [0.29, 0.717) is 18.0 Å². The molecular weight excluding hydrogens is 209 g/mol. The van der Waals surface area contributed by atoms with Gasteiger partial charge in [-0.15, -0.1) is 0 Å². The molecule has 1 unspecified atom stereocenters. The minimum Gasteiger partial charge on any atom is -0.505 e. The Hall–Kier alpha value is -1.29. The Morgan fingerprint density at radius 2 is 2.12 bits per heavy atom. The molecule has 0 bridgehead atoms. The highest BCUT2D eigenvalue weighted by Crippen LogP contribution is 2.29. The lowest BCUT2D eigenvalue weighted by molar-refractivity contribution is 0.370. The predicted octanol–water partition coefficient (Wildman–Crippen LogP) is 1.92. The Labute approximate surface area is 93.9 Å². The van der Waals surface area contributed by atoms with E-state index in [4.69, 9.17) is 5.11 Å². The van der Waals surface area contributed by atoms with Crippen molar-refractivity contribution in [3.05, 3.63) is 23.5 Å². The number of nitrogens with one attached hydrogen (secondary N) is 1. The second-order valence-corrected chi connectivity index (χ2v) is 4.26. The van der Waals surface area contributed by atoms with Crippen LogP contribution >= 0.6 is 0 Å². The molecule has 1 aliphatic heterocycles. The lowest BCUT2D eigenvalue weighted by atomic mass is 9.97. The quantitative estimate of drug-likeness (QED) is 0.720. The molecule has 0 saturated carbocycles. The summed E-state index contributed by atoms with van der Waals surface area (Å²) in [6.45, 7) is 0.978. The molecule has 0 amide bonds. The van der Waals surface area contributed by atoms with Gasteiger partial charge in [-0.25, -0.2) is 0 Å². The molecule has 1 fully saturated rings. The highest BCUT2D eigenvalue weighted by molar-refractivity contribution is 5.41. The smallest absolute Gasteiger partial charge is 0.206 e. The molecule has 0 aromatic heterocycles. The fourth-order valence-corrected chi connectivity index (χ4v) is 2.12. The van der Waals surface area contributed by atoms with Crippen LogP contribution in [-0.2, 0) is 6.42 Å². The summed E-state index contributed by atoms with van der Waals surface area (Å²) in [4.78, 5) is 0. The standard InChI is InChI=1S/C12H16FNO2/c13-11-10(15)5-4-8(12(11)16)7-9-3-1-2-6-14-9/h4-5,9,14-16H,1-3,6-7H2. The van der Waals surface area contributed by atoms with Crippen LogP contribution < -0.4 is 5.32 Å². The molecule has 1 aromatic carbocycles. The summed E-state index contributed by atoms with van der Waals surface area (Å²) in [7, 11) is 0. The molecular formula is C12H16FNO2. The van der Waals surface area contributed by atoms with Crippen LogP contribution in [-0.4, -0.2) is 22.8 Å². The molecule has 0 spiro atoms. The van der Waals surface area contributed by atoms with Gasteiger partial charge in [0.2, 0.25) is 5.82 Å². The minimum absolute atomic E-state index is 0.295. The molecule has 1 saturated heterocycles. The van der Waals surface area contributed by atoms with Crippen LogP contribution in [0.4, 0.5) is 4.39 Å². The largest absolute Gasteiger partial charge is 0.505 e. The van der Waals surface area contributed by atoms with E-state index in [2.05, 4.69) is 5.32 Å². The van der Waals surface area contributed by atoms with Gasteiger partial charge in [-0.3, -0.25) is 0 Å². The zero-order chi connectivity index (χ0) is 11.5. The van der Waals surface area contributed by atoms with E-state index in [0.717, 1.165) is 13.0 Å². The minimum atomic E-state index is -0.923. The van der Waals surface area contributed by atoms with Crippen molar-refractivity contribution in [2.75, 3.05) is 6.54 Å². The first-order valence-corrected chi connectivity index (χ1v) is 5.61. The summed E-state index contributed by atoms with van der Waals surface area (Å²) in [6, 6.07) is 3.15. The highest BCUT2D eigenvalue weighted by Gasteiger charge is 2.17. The molecule has 1 heterocycles. The van der Waals surface area contributed by atoms with Crippen LogP contribution in [0.2, 0.25) is 0 Å². The van der Waals surface area contributed by atoms with E-state index < -0.39 is 17.3 Å². The molecule has 1 aromatic rings. The van der Waals surface area contributed by atoms with E-state index in [1.807, 2.05) is 0 Å². The third-order valence-corrected chi connectivity index (χ3v) is 3.06. The SMILES string of the molecule is Oc1ccc(CC2CCCCN2)c(O)c1F. The summed E-state index contributed by atoms with van der Waals surface area (Å²) in [6.07, 6.45) is 3.98. The number of phenols is 2. The maximum Gasteiger partial charge on any atom is 0.206 e. The number of hydrogen-bond acceptors (Lipinski definition) is 3. The lowest BCUT2D eigenvalue weighted by Crippen LogP contribution is -2.35. The number of aromatic hydroxyl groups is 2. The van der Waals surface area contributed by atoms with Crippen LogP contribution in [0.1, 0.15) is 24.8 Å². The van der Waals surface area contributed by atoms with Crippen molar-refractivity contribution in [3.8, 4) is 11.5 Å². The zero-order valence-electron chi connectivity index (χ0n) is 9.04. The van der Waals surface area contributed by atoms with E-state index in [9.17, 15) is 9.50 Å². The molecule has 88 valence electrons. The van der Waals surface area contributed by atoms with Gasteiger partial charge in [0.05, 0.1) is 0 Å². The van der Waals surface area contributed by atoms with Gasteiger partial charge in [0.15, 0.2) is 11.5 Å². The molecule has 1 aliphatic rings. The van der Waals surface area contributed by atoms with E-state index in [1.54, 1.807) is 6.07 Å². The van der Waals surface area contributed by atoms with E-state index in [-0.39, 0.29) is 0 Å². The molecule has 0 aliphatic carbocycles. The van der Waals surface area contributed by atoms with Crippen LogP contribution in [0.5, 0.6) is 11.5 Å². The van der Waals surface area contributed by atoms with Crippen molar-refractivity contribution in [1.82, 2.24) is 5.32 Å². The van der Waals surface area contributed by atoms with E-state index in [1.165, 1.54) is 18.9 Å². The first-order chi connectivity index (χ1) is 7.68. The summed E-state index contributed by atoms with van der Waals surface area (Å²) >= 11 is 0. The normalized spacial score (nSPS) is 20.9. The number of rotatable bonds is 2. The highest BCUT2D eigenvalue weighted by atomic mass is 19.1. The second-order valence-electron chi connectivity index (χ2n) is 4.26. The van der Waals surface area contributed by atoms with Crippen LogP contribution in [0.3, 0.4) is 0 Å². The number of piperidine rings is 1. The van der Waals surface area contributed by atoms with Crippen molar-refractivity contribution in [2.45, 2.75) is 31.7 Å². The molecule has 3 N–H and O–H groups in total. The van der Waals surface area contributed by atoms with Crippen molar-refractivity contribution in [3.63, 3.8) is 0 Å². The Balaban J connectivity index is 2.11. The summed E-state index contributed by atoms with van der Waals surface area (Å²) in [5.41, 5.74) is 0.551. The lowest BCUT2D eigenvalue weighted by Gasteiger charge is -2.23. The van der Waals surface area contributed by atoms with Gasteiger partial charge < -0.3 is 15.5 Å². The summed E-state index contributed by atoms with van der Waals surface area (Å²) in [5, 5.41) is 22.0. The first-order valence-electron chi connectivity index (χ1n) is 5.61. The molecule has 4 heteroatoms. The van der Waals surface area contributed by atoms with Gasteiger partial charge in [-0.05, 0) is 37.4 Å². The van der Waals surface area contributed by atoms with Crippen molar-refractivity contribution in [2.24, 2.45) is 0 Å². The molecule has 2 rings (SSSR count). The second kappa shape index (κ2) is 4.70. The van der Waals surface area contributed by atoms with Crippen LogP contribution in [0.15, 0.2) is 12.1 Å². The van der Waals surface area contributed by atoms with Gasteiger partial charge in [0, 0.05) is 6.04 Å². The Kier molecular flexibility index (Phi) is 3.29. The van der Waals surface area contributed by atoms with Gasteiger partial charge in [0.25, 0.3) is 0 Å². The topological polar surface area (TPSA) is 52.5 Å².